The molecule has 1 heterocycles. The Morgan fingerprint density at radius 2 is 1.87 bits per heavy atom. The van der Waals surface area contributed by atoms with Crippen molar-refractivity contribution in [2.24, 2.45) is 0 Å². The van der Waals surface area contributed by atoms with E-state index in [0.29, 0.717) is 12.1 Å². The van der Waals surface area contributed by atoms with Gasteiger partial charge in [0.15, 0.2) is 0 Å². The van der Waals surface area contributed by atoms with Gasteiger partial charge in [0.1, 0.15) is 5.69 Å². The number of amides is 1. The van der Waals surface area contributed by atoms with E-state index in [0.717, 1.165) is 35.9 Å². The fourth-order valence-corrected chi connectivity index (χ4v) is 3.40. The first-order chi connectivity index (χ1) is 13.9. The Bertz CT molecular complexity index is 1020. The van der Waals surface area contributed by atoms with Gasteiger partial charge in [-0.2, -0.15) is 13.2 Å². The number of pyridine rings is 1. The largest absolute Gasteiger partial charge is 0.433 e. The van der Waals surface area contributed by atoms with Crippen LogP contribution in [0.2, 0.25) is 0 Å². The van der Waals surface area contributed by atoms with E-state index in [9.17, 15) is 26.4 Å². The first-order valence-electron chi connectivity index (χ1n) is 9.33. The van der Waals surface area contributed by atoms with Gasteiger partial charge in [0.2, 0.25) is 10.0 Å². The van der Waals surface area contributed by atoms with Crippen molar-refractivity contribution in [2.45, 2.75) is 45.8 Å². The molecule has 6 nitrogen and oxygen atoms in total. The van der Waals surface area contributed by atoms with Crippen LogP contribution >= 0.6 is 0 Å². The van der Waals surface area contributed by atoms with Gasteiger partial charge in [-0.3, -0.25) is 9.52 Å². The molecule has 0 unspecified atom stereocenters. The van der Waals surface area contributed by atoms with Crippen LogP contribution in [-0.4, -0.2) is 25.6 Å². The topological polar surface area (TPSA) is 88.2 Å². The summed E-state index contributed by atoms with van der Waals surface area (Å²) >= 11 is 0. The second-order valence-corrected chi connectivity index (χ2v) is 8.74. The van der Waals surface area contributed by atoms with E-state index in [4.69, 9.17) is 0 Å². The van der Waals surface area contributed by atoms with Crippen molar-refractivity contribution < 1.29 is 26.4 Å². The van der Waals surface area contributed by atoms with Crippen LogP contribution in [0.15, 0.2) is 30.3 Å². The third kappa shape index (κ3) is 6.72. The normalized spacial score (nSPS) is 11.9. The fraction of sp³-hybridized carbons (Fsp3) is 0.400. The molecule has 0 atom stereocenters. The summed E-state index contributed by atoms with van der Waals surface area (Å²) in [5.74, 6) is -0.514. The van der Waals surface area contributed by atoms with E-state index in [1.807, 2.05) is 6.92 Å². The Labute approximate surface area is 174 Å². The number of anilines is 1. The number of nitrogens with zero attached hydrogens (tertiary/aromatic N) is 1. The minimum absolute atomic E-state index is 0.115. The monoisotopic (exact) mass is 443 g/mol. The summed E-state index contributed by atoms with van der Waals surface area (Å²) in [6.07, 6.45) is -1.89. The molecular formula is C20H24F3N3O3S. The minimum atomic E-state index is -4.57. The van der Waals surface area contributed by atoms with Gasteiger partial charge in [-0.1, -0.05) is 19.4 Å². The molecule has 0 radical (unpaired) electrons. The summed E-state index contributed by atoms with van der Waals surface area (Å²) in [5.41, 5.74) is 1.12. The first kappa shape index (κ1) is 23.7. The van der Waals surface area contributed by atoms with E-state index in [1.165, 1.54) is 0 Å². The number of carbonyl (C=O) groups excluding carboxylic acids is 1. The molecule has 0 fully saturated rings. The number of benzene rings is 1. The lowest BCUT2D eigenvalue weighted by Crippen LogP contribution is -2.25. The third-order valence-electron chi connectivity index (χ3n) is 4.36. The number of aromatic nitrogens is 1. The lowest BCUT2D eigenvalue weighted by atomic mass is 10.1. The SMILES string of the molecule is CCCCc1nc(C(F)(F)F)ccc1C(=O)NCc1ccc(NS(C)(=O)=O)cc1C. The molecule has 1 amide bonds. The predicted octanol–water partition coefficient (Wildman–Crippen LogP) is 4.05. The number of sulfonamides is 1. The Kier molecular flexibility index (Phi) is 7.46. The molecule has 1 aromatic heterocycles. The molecule has 0 aliphatic carbocycles. The maximum absolute atomic E-state index is 13.0. The van der Waals surface area contributed by atoms with E-state index in [2.05, 4.69) is 15.0 Å². The second-order valence-electron chi connectivity index (χ2n) is 6.99. The van der Waals surface area contributed by atoms with Gasteiger partial charge in [0.25, 0.3) is 5.91 Å². The highest BCUT2D eigenvalue weighted by Gasteiger charge is 2.33. The molecule has 0 spiro atoms. The molecule has 2 N–H and O–H groups in total. The zero-order valence-electron chi connectivity index (χ0n) is 16.9. The van der Waals surface area contributed by atoms with Crippen molar-refractivity contribution in [1.82, 2.24) is 10.3 Å². The lowest BCUT2D eigenvalue weighted by Gasteiger charge is -2.14. The molecule has 164 valence electrons. The number of hydrogen-bond acceptors (Lipinski definition) is 4. The van der Waals surface area contributed by atoms with Crippen LogP contribution in [0, 0.1) is 6.92 Å². The molecule has 2 rings (SSSR count). The Hall–Kier alpha value is -2.62. The highest BCUT2D eigenvalue weighted by atomic mass is 32.2. The van der Waals surface area contributed by atoms with Crippen molar-refractivity contribution in [3.8, 4) is 0 Å². The number of halogens is 3. The van der Waals surface area contributed by atoms with Gasteiger partial charge >= 0.3 is 6.18 Å². The molecule has 0 saturated carbocycles. The molecule has 0 bridgehead atoms. The molecular weight excluding hydrogens is 419 g/mol. The van der Waals surface area contributed by atoms with Gasteiger partial charge in [-0.05, 0) is 55.2 Å². The van der Waals surface area contributed by atoms with Crippen molar-refractivity contribution >= 4 is 21.6 Å². The number of carbonyl (C=O) groups is 1. The van der Waals surface area contributed by atoms with Crippen LogP contribution in [-0.2, 0) is 29.2 Å². The Balaban J connectivity index is 2.17. The van der Waals surface area contributed by atoms with Gasteiger partial charge < -0.3 is 5.32 Å². The highest BCUT2D eigenvalue weighted by molar-refractivity contribution is 7.92. The van der Waals surface area contributed by atoms with Gasteiger partial charge in [-0.25, -0.2) is 13.4 Å². The zero-order chi connectivity index (χ0) is 22.5. The quantitative estimate of drug-likeness (QED) is 0.644. The van der Waals surface area contributed by atoms with Crippen molar-refractivity contribution in [3.63, 3.8) is 0 Å². The summed E-state index contributed by atoms with van der Waals surface area (Å²) in [6.45, 7) is 3.80. The summed E-state index contributed by atoms with van der Waals surface area (Å²) in [6, 6.07) is 6.84. The van der Waals surface area contributed by atoms with Gasteiger partial charge in [0, 0.05) is 12.2 Å². The van der Waals surface area contributed by atoms with Crippen LogP contribution < -0.4 is 10.0 Å². The summed E-state index contributed by atoms with van der Waals surface area (Å²) in [5, 5.41) is 2.70. The molecule has 2 aromatic rings. The molecule has 30 heavy (non-hydrogen) atoms. The smallest absolute Gasteiger partial charge is 0.348 e. The van der Waals surface area contributed by atoms with E-state index >= 15 is 0 Å². The van der Waals surface area contributed by atoms with E-state index in [1.54, 1.807) is 25.1 Å². The van der Waals surface area contributed by atoms with Crippen LogP contribution in [0.1, 0.15) is 52.6 Å². The molecule has 1 aromatic carbocycles. The van der Waals surface area contributed by atoms with Gasteiger partial charge in [-0.15, -0.1) is 0 Å². The fourth-order valence-electron chi connectivity index (χ4n) is 2.84. The average molecular weight is 443 g/mol. The molecule has 0 aliphatic rings. The van der Waals surface area contributed by atoms with Crippen LogP contribution in [0.3, 0.4) is 0 Å². The van der Waals surface area contributed by atoms with E-state index in [-0.39, 0.29) is 24.2 Å². The number of nitrogens with one attached hydrogen (secondary N) is 2. The van der Waals surface area contributed by atoms with Crippen LogP contribution in [0.25, 0.3) is 0 Å². The standard InChI is InChI=1S/C20H24F3N3O3S/c1-4-5-6-17-16(9-10-18(25-17)20(21,22)23)19(27)24-12-14-7-8-15(11-13(14)2)26-30(3,28)29/h7-11,26H,4-6,12H2,1-3H3,(H,24,27). The number of unbranched alkanes of at least 4 members (excludes halogenated alkanes) is 1. The molecule has 0 saturated heterocycles. The number of rotatable bonds is 8. The molecule has 0 aliphatic heterocycles. The Morgan fingerprint density at radius 3 is 2.43 bits per heavy atom. The van der Waals surface area contributed by atoms with Crippen molar-refractivity contribution in [1.29, 1.82) is 0 Å². The number of hydrogen-bond donors (Lipinski definition) is 2. The zero-order valence-corrected chi connectivity index (χ0v) is 17.7. The second kappa shape index (κ2) is 9.46. The minimum Gasteiger partial charge on any atom is -0.348 e. The summed E-state index contributed by atoms with van der Waals surface area (Å²) in [4.78, 5) is 16.3. The average Bonchev–Trinajstić information content (AvgIpc) is 2.63. The highest BCUT2D eigenvalue weighted by Crippen LogP contribution is 2.28. The first-order valence-corrected chi connectivity index (χ1v) is 11.2. The number of aryl methyl sites for hydroxylation is 2. The summed E-state index contributed by atoms with van der Waals surface area (Å²) < 4.78 is 63.9. The Morgan fingerprint density at radius 1 is 1.17 bits per heavy atom. The predicted molar refractivity (Wildman–Crippen MR) is 109 cm³/mol. The maximum atomic E-state index is 13.0. The maximum Gasteiger partial charge on any atom is 0.433 e. The third-order valence-corrected chi connectivity index (χ3v) is 4.97. The summed E-state index contributed by atoms with van der Waals surface area (Å²) in [7, 11) is -3.40. The van der Waals surface area contributed by atoms with E-state index < -0.39 is 27.8 Å². The van der Waals surface area contributed by atoms with Crippen LogP contribution in [0.5, 0.6) is 0 Å². The lowest BCUT2D eigenvalue weighted by molar-refractivity contribution is -0.141. The van der Waals surface area contributed by atoms with Crippen molar-refractivity contribution in [3.05, 3.63) is 58.4 Å². The molecule has 10 heteroatoms. The number of alkyl halides is 3. The van der Waals surface area contributed by atoms with Crippen molar-refractivity contribution in [2.75, 3.05) is 11.0 Å². The van der Waals surface area contributed by atoms with Gasteiger partial charge in [0.05, 0.1) is 17.5 Å². The van der Waals surface area contributed by atoms with Crippen LogP contribution in [0.4, 0.5) is 18.9 Å².